The molecule has 0 radical (unpaired) electrons. The first-order valence-electron chi connectivity index (χ1n) is 5.70. The van der Waals surface area contributed by atoms with Gasteiger partial charge in [0.15, 0.2) is 0 Å². The number of ether oxygens (including phenoxy) is 1. The van der Waals surface area contributed by atoms with Gasteiger partial charge in [-0.15, -0.1) is 0 Å². The molecule has 0 amide bonds. The topological polar surface area (TPSA) is 75.8 Å². The van der Waals surface area contributed by atoms with E-state index < -0.39 is 4.92 Å². The van der Waals surface area contributed by atoms with Gasteiger partial charge in [-0.2, -0.15) is 0 Å². The second kappa shape index (κ2) is 6.93. The minimum atomic E-state index is -0.414. The van der Waals surface area contributed by atoms with Gasteiger partial charge < -0.3 is 14.7 Å². The van der Waals surface area contributed by atoms with Crippen LogP contribution in [0, 0.1) is 17.0 Å². The summed E-state index contributed by atoms with van der Waals surface area (Å²) in [7, 11) is 1.61. The molecule has 0 aliphatic rings. The lowest BCUT2D eigenvalue weighted by atomic mass is 10.1. The van der Waals surface area contributed by atoms with Crippen molar-refractivity contribution in [3.8, 4) is 0 Å². The predicted octanol–water partition coefficient (Wildman–Crippen LogP) is 1.35. The highest BCUT2D eigenvalue weighted by atomic mass is 16.6. The van der Waals surface area contributed by atoms with E-state index in [0.29, 0.717) is 19.7 Å². The van der Waals surface area contributed by atoms with Crippen LogP contribution in [0.4, 0.5) is 11.4 Å². The van der Waals surface area contributed by atoms with Crippen molar-refractivity contribution in [2.45, 2.75) is 6.92 Å². The van der Waals surface area contributed by atoms with E-state index >= 15 is 0 Å². The maximum atomic E-state index is 10.7. The molecular weight excluding hydrogens is 236 g/mol. The molecule has 1 N–H and O–H groups in total. The van der Waals surface area contributed by atoms with E-state index in [0.717, 1.165) is 11.3 Å². The van der Waals surface area contributed by atoms with Gasteiger partial charge in [0.1, 0.15) is 0 Å². The average Bonchev–Trinajstić information content (AvgIpc) is 2.34. The van der Waals surface area contributed by atoms with Gasteiger partial charge in [-0.05, 0) is 18.6 Å². The normalized spacial score (nSPS) is 10.4. The van der Waals surface area contributed by atoms with Crippen LogP contribution in [-0.4, -0.2) is 43.4 Å². The van der Waals surface area contributed by atoms with Crippen LogP contribution in [0.25, 0.3) is 0 Å². The van der Waals surface area contributed by atoms with Crippen molar-refractivity contribution < 1.29 is 14.8 Å². The Kier molecular flexibility index (Phi) is 5.54. The van der Waals surface area contributed by atoms with Gasteiger partial charge in [-0.3, -0.25) is 10.1 Å². The molecule has 0 aliphatic carbocycles. The van der Waals surface area contributed by atoms with E-state index in [9.17, 15) is 10.1 Å². The van der Waals surface area contributed by atoms with Crippen LogP contribution in [0.2, 0.25) is 0 Å². The Hall–Kier alpha value is -1.66. The molecule has 0 unspecified atom stereocenters. The molecular formula is C12H18N2O4. The van der Waals surface area contributed by atoms with Gasteiger partial charge in [0, 0.05) is 38.0 Å². The maximum Gasteiger partial charge on any atom is 0.269 e. The fraction of sp³-hybridized carbons (Fsp3) is 0.500. The fourth-order valence-electron chi connectivity index (χ4n) is 1.78. The number of hydrogen-bond acceptors (Lipinski definition) is 5. The number of benzene rings is 1. The summed E-state index contributed by atoms with van der Waals surface area (Å²) in [5, 5.41) is 19.7. The van der Waals surface area contributed by atoms with E-state index in [2.05, 4.69) is 0 Å². The summed E-state index contributed by atoms with van der Waals surface area (Å²) in [6.45, 7) is 3.49. The Morgan fingerprint density at radius 2 is 2.17 bits per heavy atom. The number of hydrogen-bond donors (Lipinski definition) is 1. The number of nitrogens with zero attached hydrogens (tertiary/aromatic N) is 2. The Balaban J connectivity index is 2.93. The van der Waals surface area contributed by atoms with E-state index in [-0.39, 0.29) is 12.3 Å². The van der Waals surface area contributed by atoms with Crippen molar-refractivity contribution in [1.29, 1.82) is 0 Å². The largest absolute Gasteiger partial charge is 0.395 e. The van der Waals surface area contributed by atoms with Gasteiger partial charge in [-0.1, -0.05) is 0 Å². The quantitative estimate of drug-likeness (QED) is 0.587. The molecule has 1 aromatic rings. The summed E-state index contributed by atoms with van der Waals surface area (Å²) in [6.07, 6.45) is 0. The van der Waals surface area contributed by atoms with E-state index in [1.54, 1.807) is 13.2 Å². The minimum Gasteiger partial charge on any atom is -0.395 e. The lowest BCUT2D eigenvalue weighted by Crippen LogP contribution is -2.30. The van der Waals surface area contributed by atoms with Crippen LogP contribution >= 0.6 is 0 Å². The lowest BCUT2D eigenvalue weighted by molar-refractivity contribution is -0.384. The van der Waals surface area contributed by atoms with Gasteiger partial charge >= 0.3 is 0 Å². The number of methoxy groups -OCH3 is 1. The molecule has 6 nitrogen and oxygen atoms in total. The summed E-state index contributed by atoms with van der Waals surface area (Å²) in [5.74, 6) is 0. The molecule has 0 aromatic heterocycles. The second-order valence-corrected chi connectivity index (χ2v) is 3.93. The zero-order chi connectivity index (χ0) is 13.5. The van der Waals surface area contributed by atoms with Crippen LogP contribution in [0.1, 0.15) is 5.56 Å². The van der Waals surface area contributed by atoms with Crippen molar-refractivity contribution in [1.82, 2.24) is 0 Å². The van der Waals surface area contributed by atoms with Crippen LogP contribution < -0.4 is 4.90 Å². The summed E-state index contributed by atoms with van der Waals surface area (Å²) in [4.78, 5) is 12.2. The smallest absolute Gasteiger partial charge is 0.269 e. The molecule has 100 valence electrons. The van der Waals surface area contributed by atoms with Crippen molar-refractivity contribution in [3.05, 3.63) is 33.9 Å². The van der Waals surface area contributed by atoms with Crippen LogP contribution in [0.5, 0.6) is 0 Å². The number of nitro benzene ring substituents is 1. The first kappa shape index (κ1) is 14.4. The van der Waals surface area contributed by atoms with Gasteiger partial charge in [0.05, 0.1) is 18.1 Å². The molecule has 0 heterocycles. The summed E-state index contributed by atoms with van der Waals surface area (Å²) in [6, 6.07) is 4.71. The highest BCUT2D eigenvalue weighted by Gasteiger charge is 2.12. The zero-order valence-electron chi connectivity index (χ0n) is 10.6. The number of rotatable bonds is 7. The number of aliphatic hydroxyl groups is 1. The minimum absolute atomic E-state index is 0.0279. The molecule has 0 saturated carbocycles. The highest BCUT2D eigenvalue weighted by molar-refractivity contribution is 5.57. The van der Waals surface area contributed by atoms with Crippen LogP contribution in [0.3, 0.4) is 0 Å². The number of aliphatic hydroxyl groups excluding tert-OH is 1. The lowest BCUT2D eigenvalue weighted by Gasteiger charge is -2.25. The third kappa shape index (κ3) is 3.68. The van der Waals surface area contributed by atoms with Gasteiger partial charge in [0.25, 0.3) is 5.69 Å². The predicted molar refractivity (Wildman–Crippen MR) is 69.0 cm³/mol. The Morgan fingerprint density at radius 3 is 2.67 bits per heavy atom. The third-order valence-corrected chi connectivity index (χ3v) is 2.67. The Morgan fingerprint density at radius 1 is 1.44 bits per heavy atom. The number of aryl methyl sites for hydroxylation is 1. The zero-order valence-corrected chi connectivity index (χ0v) is 10.6. The SMILES string of the molecule is COCCN(CCO)c1ccc([N+](=O)[O-])cc1C. The Labute approximate surface area is 106 Å². The highest BCUT2D eigenvalue weighted by Crippen LogP contribution is 2.24. The van der Waals surface area contributed by atoms with Crippen LogP contribution in [-0.2, 0) is 4.74 Å². The molecule has 0 atom stereocenters. The average molecular weight is 254 g/mol. The molecule has 18 heavy (non-hydrogen) atoms. The molecule has 6 heteroatoms. The van der Waals surface area contributed by atoms with E-state index in [1.807, 2.05) is 11.8 Å². The number of anilines is 1. The van der Waals surface area contributed by atoms with E-state index in [4.69, 9.17) is 9.84 Å². The molecule has 0 spiro atoms. The van der Waals surface area contributed by atoms with E-state index in [1.165, 1.54) is 12.1 Å². The number of non-ortho nitro benzene ring substituents is 1. The van der Waals surface area contributed by atoms with Gasteiger partial charge in [-0.25, -0.2) is 0 Å². The molecule has 1 aromatic carbocycles. The standard InChI is InChI=1S/C12H18N2O4/c1-10-9-11(14(16)17)3-4-12(10)13(5-7-15)6-8-18-2/h3-4,9,15H,5-8H2,1-2H3. The fourth-order valence-corrected chi connectivity index (χ4v) is 1.78. The van der Waals surface area contributed by atoms with Crippen molar-refractivity contribution in [2.24, 2.45) is 0 Å². The Bertz CT molecular complexity index is 409. The molecule has 0 aliphatic heterocycles. The molecule has 0 saturated heterocycles. The van der Waals surface area contributed by atoms with Crippen molar-refractivity contribution in [3.63, 3.8) is 0 Å². The summed E-state index contributed by atoms with van der Waals surface area (Å²) >= 11 is 0. The monoisotopic (exact) mass is 254 g/mol. The molecule has 0 fully saturated rings. The summed E-state index contributed by atoms with van der Waals surface area (Å²) < 4.78 is 5.01. The first-order valence-corrected chi connectivity index (χ1v) is 5.70. The van der Waals surface area contributed by atoms with Gasteiger partial charge in [0.2, 0.25) is 0 Å². The molecule has 0 bridgehead atoms. The summed E-state index contributed by atoms with van der Waals surface area (Å²) in [5.41, 5.74) is 1.77. The van der Waals surface area contributed by atoms with Crippen molar-refractivity contribution >= 4 is 11.4 Å². The maximum absolute atomic E-state index is 10.7. The number of nitro groups is 1. The van der Waals surface area contributed by atoms with Crippen LogP contribution in [0.15, 0.2) is 18.2 Å². The second-order valence-electron chi connectivity index (χ2n) is 3.93. The molecule has 1 rings (SSSR count). The van der Waals surface area contributed by atoms with Crippen molar-refractivity contribution in [2.75, 3.05) is 38.3 Å². The third-order valence-electron chi connectivity index (χ3n) is 2.67. The first-order chi connectivity index (χ1) is 8.60.